The Labute approximate surface area is 70.3 Å². The summed E-state index contributed by atoms with van der Waals surface area (Å²) in [5.74, 6) is 0. The van der Waals surface area contributed by atoms with Crippen molar-refractivity contribution in [2.75, 3.05) is 0 Å². The van der Waals surface area contributed by atoms with Crippen LogP contribution in [0, 0.1) is 0 Å². The van der Waals surface area contributed by atoms with Crippen molar-refractivity contribution in [1.82, 2.24) is 4.98 Å². The highest BCUT2D eigenvalue weighted by Crippen LogP contribution is 2.12. The van der Waals surface area contributed by atoms with Gasteiger partial charge in [-0.3, -0.25) is 9.54 Å². The molecule has 0 atom stereocenters. The molecule has 1 N–H and O–H groups in total. The number of pyridine rings is 1. The third-order valence-electron chi connectivity index (χ3n) is 1.27. The van der Waals surface area contributed by atoms with Gasteiger partial charge >= 0.3 is 0 Å². The Morgan fingerprint density at radius 3 is 2.67 bits per heavy atom. The van der Waals surface area contributed by atoms with Crippen LogP contribution in [0.4, 0.5) is 0 Å². The van der Waals surface area contributed by atoms with Crippen LogP contribution in [-0.2, 0) is 10.1 Å². The number of rotatable bonds is 2. The van der Waals surface area contributed by atoms with Gasteiger partial charge in [0.25, 0.3) is 10.1 Å². The molecule has 0 saturated carbocycles. The summed E-state index contributed by atoms with van der Waals surface area (Å²) < 4.78 is 30.0. The van der Waals surface area contributed by atoms with Gasteiger partial charge in [-0.05, 0) is 18.2 Å². The standard InChI is InChI=1S/C7H7NO3S/c1-2-6-7(12(9,10)11)4-3-5-8-6/h2-5H,1H2,(H,9,10,11). The van der Waals surface area contributed by atoms with E-state index in [9.17, 15) is 8.42 Å². The van der Waals surface area contributed by atoms with Crippen LogP contribution in [0.5, 0.6) is 0 Å². The quantitative estimate of drug-likeness (QED) is 0.697. The Morgan fingerprint density at radius 1 is 1.58 bits per heavy atom. The molecule has 64 valence electrons. The summed E-state index contributed by atoms with van der Waals surface area (Å²) in [6.07, 6.45) is 2.69. The van der Waals surface area contributed by atoms with Gasteiger partial charge in [0.2, 0.25) is 0 Å². The van der Waals surface area contributed by atoms with Crippen LogP contribution in [0.3, 0.4) is 0 Å². The van der Waals surface area contributed by atoms with Gasteiger partial charge in [-0.2, -0.15) is 8.42 Å². The molecule has 5 heteroatoms. The van der Waals surface area contributed by atoms with Gasteiger partial charge in [0.15, 0.2) is 0 Å². The van der Waals surface area contributed by atoms with Crippen LogP contribution >= 0.6 is 0 Å². The van der Waals surface area contributed by atoms with Crippen LogP contribution in [-0.4, -0.2) is 18.0 Å². The normalized spacial score (nSPS) is 11.1. The average Bonchev–Trinajstić information content (AvgIpc) is 2.03. The molecule has 4 nitrogen and oxygen atoms in total. The molecule has 0 aliphatic carbocycles. The smallest absolute Gasteiger partial charge is 0.282 e. The van der Waals surface area contributed by atoms with Crippen LogP contribution in [0.1, 0.15) is 5.69 Å². The monoisotopic (exact) mass is 185 g/mol. The molecule has 0 saturated heterocycles. The van der Waals surface area contributed by atoms with E-state index in [0.717, 1.165) is 0 Å². The predicted octanol–water partition coefficient (Wildman–Crippen LogP) is 0.971. The van der Waals surface area contributed by atoms with E-state index in [2.05, 4.69) is 11.6 Å². The molecule has 0 amide bonds. The van der Waals surface area contributed by atoms with Gasteiger partial charge in [0.1, 0.15) is 4.90 Å². The molecule has 0 fully saturated rings. The van der Waals surface area contributed by atoms with Crippen molar-refractivity contribution in [3.8, 4) is 0 Å². The Kier molecular flexibility index (Phi) is 2.25. The first kappa shape index (κ1) is 8.89. The number of aromatic nitrogens is 1. The minimum Gasteiger partial charge on any atom is -0.282 e. The van der Waals surface area contributed by atoms with E-state index in [-0.39, 0.29) is 10.6 Å². The second-order valence-corrected chi connectivity index (χ2v) is 3.46. The molecule has 0 unspecified atom stereocenters. The first-order valence-electron chi connectivity index (χ1n) is 3.10. The third kappa shape index (κ3) is 1.69. The lowest BCUT2D eigenvalue weighted by atomic mass is 10.3. The fourth-order valence-corrected chi connectivity index (χ4v) is 1.43. The van der Waals surface area contributed by atoms with E-state index < -0.39 is 10.1 Å². The molecule has 12 heavy (non-hydrogen) atoms. The van der Waals surface area contributed by atoms with Gasteiger partial charge in [0.05, 0.1) is 5.69 Å². The Balaban J connectivity index is 3.43. The topological polar surface area (TPSA) is 67.3 Å². The zero-order chi connectivity index (χ0) is 9.19. The summed E-state index contributed by atoms with van der Waals surface area (Å²) in [5, 5.41) is 0. The van der Waals surface area contributed by atoms with Gasteiger partial charge in [-0.15, -0.1) is 0 Å². The van der Waals surface area contributed by atoms with Crippen molar-refractivity contribution in [3.63, 3.8) is 0 Å². The Bertz CT molecular complexity index is 397. The first-order chi connectivity index (χ1) is 5.55. The van der Waals surface area contributed by atoms with Crippen LogP contribution < -0.4 is 0 Å². The highest BCUT2D eigenvalue weighted by molar-refractivity contribution is 7.85. The van der Waals surface area contributed by atoms with Crippen molar-refractivity contribution >= 4 is 16.2 Å². The molecule has 0 aliphatic heterocycles. The summed E-state index contributed by atoms with van der Waals surface area (Å²) in [4.78, 5) is 3.48. The molecule has 1 aromatic rings. The van der Waals surface area contributed by atoms with Crippen molar-refractivity contribution in [2.45, 2.75) is 4.90 Å². The highest BCUT2D eigenvalue weighted by Gasteiger charge is 2.12. The molecule has 0 aromatic carbocycles. The largest absolute Gasteiger partial charge is 0.296 e. The van der Waals surface area contributed by atoms with Crippen LogP contribution in [0.15, 0.2) is 29.8 Å². The lowest BCUT2D eigenvalue weighted by molar-refractivity contribution is 0.482. The minimum absolute atomic E-state index is 0.153. The van der Waals surface area contributed by atoms with Crippen molar-refractivity contribution < 1.29 is 13.0 Å². The molecule has 0 spiro atoms. The summed E-state index contributed by atoms with van der Waals surface area (Å²) in [6.45, 7) is 3.37. The van der Waals surface area contributed by atoms with Gasteiger partial charge in [-0.1, -0.05) is 6.58 Å². The van der Waals surface area contributed by atoms with Gasteiger partial charge < -0.3 is 0 Å². The lowest BCUT2D eigenvalue weighted by Gasteiger charge is -1.98. The van der Waals surface area contributed by atoms with Gasteiger partial charge in [0, 0.05) is 6.20 Å². The molecule has 0 aliphatic rings. The highest BCUT2D eigenvalue weighted by atomic mass is 32.2. The van der Waals surface area contributed by atoms with Crippen molar-refractivity contribution in [1.29, 1.82) is 0 Å². The lowest BCUT2D eigenvalue weighted by Crippen LogP contribution is -2.01. The Morgan fingerprint density at radius 2 is 2.25 bits per heavy atom. The molecular weight excluding hydrogens is 178 g/mol. The SMILES string of the molecule is C=Cc1ncccc1S(=O)(=O)O. The van der Waals surface area contributed by atoms with Gasteiger partial charge in [-0.25, -0.2) is 0 Å². The van der Waals surface area contributed by atoms with E-state index in [1.807, 2.05) is 0 Å². The number of nitrogens with zero attached hydrogens (tertiary/aromatic N) is 1. The van der Waals surface area contributed by atoms with Crippen LogP contribution in [0.25, 0.3) is 6.08 Å². The second-order valence-electron chi connectivity index (χ2n) is 2.07. The van der Waals surface area contributed by atoms with Crippen LogP contribution in [0.2, 0.25) is 0 Å². The number of hydrogen-bond donors (Lipinski definition) is 1. The van der Waals surface area contributed by atoms with Crippen molar-refractivity contribution in [2.24, 2.45) is 0 Å². The summed E-state index contributed by atoms with van der Waals surface area (Å²) in [6, 6.07) is 2.69. The second kappa shape index (κ2) is 3.04. The summed E-state index contributed by atoms with van der Waals surface area (Å²) in [7, 11) is -4.18. The van der Waals surface area contributed by atoms with E-state index in [4.69, 9.17) is 4.55 Å². The molecular formula is C7H7NO3S. The molecule has 1 aromatic heterocycles. The van der Waals surface area contributed by atoms with Crippen molar-refractivity contribution in [3.05, 3.63) is 30.6 Å². The zero-order valence-corrected chi connectivity index (χ0v) is 6.95. The van der Waals surface area contributed by atoms with E-state index in [0.29, 0.717) is 0 Å². The Hall–Kier alpha value is -1.20. The molecule has 1 rings (SSSR count). The summed E-state index contributed by atoms with van der Waals surface area (Å²) >= 11 is 0. The maximum atomic E-state index is 10.7. The third-order valence-corrected chi connectivity index (χ3v) is 2.17. The minimum atomic E-state index is -4.18. The van der Waals surface area contributed by atoms with E-state index in [1.165, 1.54) is 24.4 Å². The fraction of sp³-hybridized carbons (Fsp3) is 0. The summed E-state index contributed by atoms with van der Waals surface area (Å²) in [5.41, 5.74) is 0.153. The zero-order valence-electron chi connectivity index (χ0n) is 6.14. The predicted molar refractivity (Wildman–Crippen MR) is 44.1 cm³/mol. The fourth-order valence-electron chi connectivity index (χ4n) is 0.774. The first-order valence-corrected chi connectivity index (χ1v) is 4.54. The molecule has 1 heterocycles. The number of hydrogen-bond acceptors (Lipinski definition) is 3. The van der Waals surface area contributed by atoms with E-state index in [1.54, 1.807) is 0 Å². The maximum absolute atomic E-state index is 10.7. The average molecular weight is 185 g/mol. The molecule has 0 bridgehead atoms. The maximum Gasteiger partial charge on any atom is 0.296 e. The van der Waals surface area contributed by atoms with E-state index >= 15 is 0 Å². The molecule has 0 radical (unpaired) electrons.